The van der Waals surface area contributed by atoms with Crippen LogP contribution in [-0.2, 0) is 6.54 Å². The normalized spacial score (nSPS) is 19.4. The zero-order chi connectivity index (χ0) is 13.2. The predicted molar refractivity (Wildman–Crippen MR) is 76.4 cm³/mol. The number of fused-ring (bicyclic) bond motifs is 1. The van der Waals surface area contributed by atoms with Gasteiger partial charge in [-0.2, -0.15) is 0 Å². The first-order valence-electron chi connectivity index (χ1n) is 6.79. The van der Waals surface area contributed by atoms with Crippen LogP contribution in [0.4, 0.5) is 0 Å². The van der Waals surface area contributed by atoms with Crippen molar-refractivity contribution in [1.82, 2.24) is 14.9 Å². The molecule has 0 amide bonds. The first-order valence-corrected chi connectivity index (χ1v) is 7.17. The number of halogens is 1. The van der Waals surface area contributed by atoms with E-state index in [-0.39, 0.29) is 6.61 Å². The van der Waals surface area contributed by atoms with E-state index in [2.05, 4.69) is 9.88 Å². The Morgan fingerprint density at radius 1 is 1.47 bits per heavy atom. The van der Waals surface area contributed by atoms with Crippen LogP contribution in [0.15, 0.2) is 18.2 Å². The predicted octanol–water partition coefficient (Wildman–Crippen LogP) is 2.50. The van der Waals surface area contributed by atoms with Crippen LogP contribution in [-0.4, -0.2) is 27.8 Å². The number of nitrogens with zero attached hydrogens (tertiary/aromatic N) is 2. The number of aliphatic hydroxyl groups is 1. The Hall–Kier alpha value is -1.10. The minimum atomic E-state index is 0.199. The summed E-state index contributed by atoms with van der Waals surface area (Å²) in [7, 11) is 0. The second-order valence-corrected chi connectivity index (χ2v) is 5.42. The molecule has 5 heteroatoms. The molecule has 0 radical (unpaired) electrons. The monoisotopic (exact) mass is 279 g/mol. The molecule has 1 aromatic heterocycles. The van der Waals surface area contributed by atoms with E-state index in [9.17, 15) is 0 Å². The number of hydrogen-bond acceptors (Lipinski definition) is 3. The Bertz CT molecular complexity index is 575. The van der Waals surface area contributed by atoms with Crippen molar-refractivity contribution in [1.29, 1.82) is 0 Å². The highest BCUT2D eigenvalue weighted by molar-refractivity contribution is 6.31. The van der Waals surface area contributed by atoms with E-state index in [1.165, 1.54) is 6.42 Å². The number of benzene rings is 1. The Kier molecular flexibility index (Phi) is 3.73. The highest BCUT2D eigenvalue weighted by Gasteiger charge is 2.22. The third-order valence-corrected chi connectivity index (χ3v) is 3.89. The van der Waals surface area contributed by atoms with Crippen molar-refractivity contribution in [2.45, 2.75) is 31.8 Å². The molecule has 0 bridgehead atoms. The first-order chi connectivity index (χ1) is 9.29. The number of aliphatic hydroxyl groups excluding tert-OH is 1. The second-order valence-electron chi connectivity index (χ2n) is 4.98. The van der Waals surface area contributed by atoms with E-state index in [0.29, 0.717) is 11.1 Å². The molecule has 19 heavy (non-hydrogen) atoms. The van der Waals surface area contributed by atoms with Crippen LogP contribution in [0.2, 0.25) is 5.02 Å². The first kappa shape index (κ1) is 12.9. The zero-order valence-electron chi connectivity index (χ0n) is 10.8. The van der Waals surface area contributed by atoms with Gasteiger partial charge in [0.15, 0.2) is 0 Å². The molecule has 0 aliphatic carbocycles. The quantitative estimate of drug-likeness (QED) is 0.904. The maximum atomic E-state index is 9.07. The van der Waals surface area contributed by atoms with Crippen molar-refractivity contribution in [3.8, 4) is 0 Å². The van der Waals surface area contributed by atoms with E-state index in [1.807, 2.05) is 18.2 Å². The summed E-state index contributed by atoms with van der Waals surface area (Å²) in [5.41, 5.74) is 2.04. The molecule has 102 valence electrons. The maximum Gasteiger partial charge on any atom is 0.127 e. The van der Waals surface area contributed by atoms with Gasteiger partial charge in [0.2, 0.25) is 0 Å². The van der Waals surface area contributed by atoms with E-state index in [1.54, 1.807) is 0 Å². The van der Waals surface area contributed by atoms with E-state index < -0.39 is 0 Å². The van der Waals surface area contributed by atoms with Crippen molar-refractivity contribution < 1.29 is 5.11 Å². The van der Waals surface area contributed by atoms with Crippen LogP contribution < -0.4 is 5.32 Å². The van der Waals surface area contributed by atoms with Gasteiger partial charge in [-0.05, 0) is 44.0 Å². The van der Waals surface area contributed by atoms with Gasteiger partial charge in [-0.15, -0.1) is 0 Å². The van der Waals surface area contributed by atoms with Crippen LogP contribution >= 0.6 is 11.6 Å². The third-order valence-electron chi connectivity index (χ3n) is 3.65. The summed E-state index contributed by atoms with van der Waals surface area (Å²) in [6, 6.07) is 6.14. The van der Waals surface area contributed by atoms with Crippen LogP contribution in [0, 0.1) is 0 Å². The van der Waals surface area contributed by atoms with Gasteiger partial charge in [-0.25, -0.2) is 4.98 Å². The Balaban J connectivity index is 2.06. The van der Waals surface area contributed by atoms with Gasteiger partial charge < -0.3 is 15.0 Å². The van der Waals surface area contributed by atoms with E-state index in [4.69, 9.17) is 21.7 Å². The summed E-state index contributed by atoms with van der Waals surface area (Å²) >= 11 is 6.04. The molecule has 1 aliphatic rings. The number of aromatic nitrogens is 2. The molecule has 2 aromatic rings. The lowest BCUT2D eigenvalue weighted by Crippen LogP contribution is -2.18. The lowest BCUT2D eigenvalue weighted by Gasteiger charge is -2.13. The van der Waals surface area contributed by atoms with Crippen molar-refractivity contribution in [3.05, 3.63) is 29.0 Å². The summed E-state index contributed by atoms with van der Waals surface area (Å²) in [6.45, 7) is 2.04. The summed E-state index contributed by atoms with van der Waals surface area (Å²) < 4.78 is 2.21. The lowest BCUT2D eigenvalue weighted by atomic mass is 10.2. The van der Waals surface area contributed by atoms with Crippen molar-refractivity contribution in [2.24, 2.45) is 0 Å². The fraction of sp³-hybridized carbons (Fsp3) is 0.500. The highest BCUT2D eigenvalue weighted by Crippen LogP contribution is 2.28. The molecule has 4 nitrogen and oxygen atoms in total. The highest BCUT2D eigenvalue weighted by atomic mass is 35.5. The minimum Gasteiger partial charge on any atom is -0.396 e. The molecule has 1 fully saturated rings. The van der Waals surface area contributed by atoms with Crippen molar-refractivity contribution >= 4 is 22.6 Å². The number of rotatable bonds is 4. The molecule has 3 rings (SSSR count). The number of nitrogens with one attached hydrogen (secondary N) is 1. The fourth-order valence-corrected chi connectivity index (χ4v) is 2.92. The molecule has 2 N–H and O–H groups in total. The smallest absolute Gasteiger partial charge is 0.127 e. The summed E-state index contributed by atoms with van der Waals surface area (Å²) in [5, 5.41) is 13.3. The topological polar surface area (TPSA) is 50.1 Å². The standard InChI is InChI=1S/C14H18ClN3O/c15-10-4-5-13-12(9-10)17-14(11-3-1-6-16-11)18(13)7-2-8-19/h4-5,9,11,16,19H,1-3,6-8H2. The SMILES string of the molecule is OCCCn1c(C2CCCN2)nc2cc(Cl)ccc21. The van der Waals surface area contributed by atoms with Gasteiger partial charge in [0.25, 0.3) is 0 Å². The zero-order valence-corrected chi connectivity index (χ0v) is 11.5. The average Bonchev–Trinajstić information content (AvgIpc) is 3.02. The third kappa shape index (κ3) is 2.48. The van der Waals surface area contributed by atoms with Crippen LogP contribution in [0.3, 0.4) is 0 Å². The van der Waals surface area contributed by atoms with Gasteiger partial charge in [0, 0.05) is 18.2 Å². The van der Waals surface area contributed by atoms with Crippen LogP contribution in [0.1, 0.15) is 31.1 Å². The average molecular weight is 280 g/mol. The molecular formula is C14H18ClN3O. The van der Waals surface area contributed by atoms with E-state index in [0.717, 1.165) is 42.8 Å². The minimum absolute atomic E-state index is 0.199. The molecule has 1 unspecified atom stereocenters. The van der Waals surface area contributed by atoms with Gasteiger partial charge in [-0.1, -0.05) is 11.6 Å². The molecule has 1 aliphatic heterocycles. The molecular weight excluding hydrogens is 262 g/mol. The molecule has 0 spiro atoms. The largest absolute Gasteiger partial charge is 0.396 e. The van der Waals surface area contributed by atoms with Gasteiger partial charge in [0.1, 0.15) is 5.82 Å². The summed E-state index contributed by atoms with van der Waals surface area (Å²) in [6.07, 6.45) is 3.05. The second kappa shape index (κ2) is 5.49. The van der Waals surface area contributed by atoms with Gasteiger partial charge >= 0.3 is 0 Å². The van der Waals surface area contributed by atoms with Gasteiger partial charge in [-0.3, -0.25) is 0 Å². The molecule has 2 heterocycles. The summed E-state index contributed by atoms with van der Waals surface area (Å²) in [5.74, 6) is 1.07. The molecule has 1 atom stereocenters. The Labute approximate surface area is 117 Å². The fourth-order valence-electron chi connectivity index (χ4n) is 2.76. The molecule has 0 saturated carbocycles. The van der Waals surface area contributed by atoms with Crippen LogP contribution in [0.5, 0.6) is 0 Å². The Morgan fingerprint density at radius 2 is 2.37 bits per heavy atom. The van der Waals surface area contributed by atoms with Gasteiger partial charge in [0.05, 0.1) is 17.1 Å². The maximum absolute atomic E-state index is 9.07. The molecule has 1 saturated heterocycles. The van der Waals surface area contributed by atoms with Crippen LogP contribution in [0.25, 0.3) is 11.0 Å². The number of hydrogen-bond donors (Lipinski definition) is 2. The van der Waals surface area contributed by atoms with E-state index >= 15 is 0 Å². The number of aryl methyl sites for hydroxylation is 1. The summed E-state index contributed by atoms with van der Waals surface area (Å²) in [4.78, 5) is 4.74. The molecule has 1 aromatic carbocycles. The van der Waals surface area contributed by atoms with Crippen molar-refractivity contribution in [3.63, 3.8) is 0 Å². The lowest BCUT2D eigenvalue weighted by molar-refractivity contribution is 0.279. The number of imidazole rings is 1. The van der Waals surface area contributed by atoms with Crippen molar-refractivity contribution in [2.75, 3.05) is 13.2 Å². The Morgan fingerprint density at radius 3 is 3.11 bits per heavy atom.